The number of phenolic OH excluding ortho intramolecular Hbond substituents is 1. The molecule has 0 aliphatic heterocycles. The molecule has 1 aromatic carbocycles. The molecular weight excluding hydrogens is 232 g/mol. The van der Waals surface area contributed by atoms with E-state index in [1.165, 1.54) is 18.5 Å². The van der Waals surface area contributed by atoms with Crippen LogP contribution < -0.4 is 5.32 Å². The molecule has 0 aliphatic rings. The summed E-state index contributed by atoms with van der Waals surface area (Å²) in [5.41, 5.74) is 1.42. The Labute approximate surface area is 104 Å². The second kappa shape index (κ2) is 4.75. The average Bonchev–Trinajstić information content (AvgIpc) is 2.32. The summed E-state index contributed by atoms with van der Waals surface area (Å²) < 4.78 is 0. The number of aromatic hydroxyl groups is 2. The number of amides is 1. The molecule has 0 atom stereocenters. The van der Waals surface area contributed by atoms with E-state index in [-0.39, 0.29) is 17.1 Å². The van der Waals surface area contributed by atoms with Crippen LogP contribution in [0.5, 0.6) is 11.5 Å². The Bertz CT molecular complexity index is 597. The first-order valence-corrected chi connectivity index (χ1v) is 5.31. The molecule has 5 nitrogen and oxygen atoms in total. The van der Waals surface area contributed by atoms with Crippen molar-refractivity contribution in [3.63, 3.8) is 0 Å². The minimum Gasteiger partial charge on any atom is -0.506 e. The third-order valence-electron chi connectivity index (χ3n) is 2.39. The van der Waals surface area contributed by atoms with E-state index in [9.17, 15) is 15.0 Å². The van der Waals surface area contributed by atoms with Gasteiger partial charge < -0.3 is 15.5 Å². The number of phenols is 1. The highest BCUT2D eigenvalue weighted by Gasteiger charge is 2.09. The summed E-state index contributed by atoms with van der Waals surface area (Å²) in [6, 6.07) is 6.23. The van der Waals surface area contributed by atoms with Gasteiger partial charge in [0, 0.05) is 6.20 Å². The van der Waals surface area contributed by atoms with Crippen LogP contribution >= 0.6 is 0 Å². The van der Waals surface area contributed by atoms with E-state index in [4.69, 9.17) is 0 Å². The normalized spacial score (nSPS) is 10.1. The molecule has 1 amide bonds. The van der Waals surface area contributed by atoms with Gasteiger partial charge in [-0.3, -0.25) is 9.78 Å². The summed E-state index contributed by atoms with van der Waals surface area (Å²) in [4.78, 5) is 15.5. The zero-order chi connectivity index (χ0) is 13.1. The summed E-state index contributed by atoms with van der Waals surface area (Å²) >= 11 is 0. The Morgan fingerprint density at radius 1 is 1.22 bits per heavy atom. The Hall–Kier alpha value is -2.56. The fourth-order valence-electron chi connectivity index (χ4n) is 1.49. The Morgan fingerprint density at radius 2 is 2.00 bits per heavy atom. The van der Waals surface area contributed by atoms with E-state index in [1.54, 1.807) is 18.2 Å². The summed E-state index contributed by atoms with van der Waals surface area (Å²) in [5.74, 6) is -0.537. The SMILES string of the molecule is Cc1ccc(NC(=O)c2cncc(O)c2)c(O)c1. The molecule has 92 valence electrons. The molecule has 1 heterocycles. The van der Waals surface area contributed by atoms with Crippen molar-refractivity contribution in [3.05, 3.63) is 47.8 Å². The molecule has 0 unspecified atom stereocenters. The van der Waals surface area contributed by atoms with Crippen molar-refractivity contribution in [1.82, 2.24) is 4.98 Å². The highest BCUT2D eigenvalue weighted by molar-refractivity contribution is 6.05. The number of hydrogen-bond acceptors (Lipinski definition) is 4. The van der Waals surface area contributed by atoms with Gasteiger partial charge in [0.25, 0.3) is 5.91 Å². The van der Waals surface area contributed by atoms with Crippen molar-refractivity contribution >= 4 is 11.6 Å². The van der Waals surface area contributed by atoms with Gasteiger partial charge >= 0.3 is 0 Å². The van der Waals surface area contributed by atoms with E-state index in [1.807, 2.05) is 6.92 Å². The van der Waals surface area contributed by atoms with Crippen LogP contribution in [0.3, 0.4) is 0 Å². The zero-order valence-corrected chi connectivity index (χ0v) is 9.71. The Morgan fingerprint density at radius 3 is 2.67 bits per heavy atom. The zero-order valence-electron chi connectivity index (χ0n) is 9.71. The summed E-state index contributed by atoms with van der Waals surface area (Å²) in [6.45, 7) is 1.84. The van der Waals surface area contributed by atoms with E-state index in [0.717, 1.165) is 5.56 Å². The molecule has 0 saturated carbocycles. The van der Waals surface area contributed by atoms with Gasteiger partial charge in [0.1, 0.15) is 11.5 Å². The number of carbonyl (C=O) groups excluding carboxylic acids is 1. The molecule has 1 aromatic heterocycles. The number of rotatable bonds is 2. The molecule has 0 bridgehead atoms. The van der Waals surface area contributed by atoms with E-state index >= 15 is 0 Å². The van der Waals surface area contributed by atoms with Crippen molar-refractivity contribution in [1.29, 1.82) is 0 Å². The van der Waals surface area contributed by atoms with Gasteiger partial charge in [-0.2, -0.15) is 0 Å². The first kappa shape index (κ1) is 11.9. The first-order chi connectivity index (χ1) is 8.56. The monoisotopic (exact) mass is 244 g/mol. The smallest absolute Gasteiger partial charge is 0.257 e. The first-order valence-electron chi connectivity index (χ1n) is 5.31. The molecule has 2 aromatic rings. The van der Waals surface area contributed by atoms with Crippen LogP contribution in [-0.2, 0) is 0 Å². The molecule has 0 aliphatic carbocycles. The van der Waals surface area contributed by atoms with Crippen molar-refractivity contribution < 1.29 is 15.0 Å². The minimum atomic E-state index is -0.447. The second-order valence-corrected chi connectivity index (χ2v) is 3.91. The highest BCUT2D eigenvalue weighted by atomic mass is 16.3. The van der Waals surface area contributed by atoms with E-state index in [0.29, 0.717) is 5.69 Å². The molecule has 0 spiro atoms. The van der Waals surface area contributed by atoms with Gasteiger partial charge in [-0.15, -0.1) is 0 Å². The minimum absolute atomic E-state index is 0.00328. The van der Waals surface area contributed by atoms with Crippen molar-refractivity contribution in [2.75, 3.05) is 5.32 Å². The number of hydrogen-bond donors (Lipinski definition) is 3. The van der Waals surface area contributed by atoms with Gasteiger partial charge in [-0.1, -0.05) is 6.07 Å². The van der Waals surface area contributed by atoms with Crippen molar-refractivity contribution in [3.8, 4) is 11.5 Å². The summed E-state index contributed by atoms with van der Waals surface area (Å²) in [6.07, 6.45) is 2.57. The second-order valence-electron chi connectivity index (χ2n) is 3.91. The molecule has 5 heteroatoms. The third-order valence-corrected chi connectivity index (χ3v) is 2.39. The number of anilines is 1. The fourth-order valence-corrected chi connectivity index (χ4v) is 1.49. The lowest BCUT2D eigenvalue weighted by Crippen LogP contribution is -2.12. The van der Waals surface area contributed by atoms with Gasteiger partial charge in [-0.05, 0) is 30.7 Å². The van der Waals surface area contributed by atoms with Crippen LogP contribution in [0, 0.1) is 6.92 Å². The van der Waals surface area contributed by atoms with Crippen LogP contribution in [0.25, 0.3) is 0 Å². The predicted octanol–water partition coefficient (Wildman–Crippen LogP) is 2.05. The molecular formula is C13H12N2O3. The van der Waals surface area contributed by atoms with Crippen molar-refractivity contribution in [2.24, 2.45) is 0 Å². The maximum absolute atomic E-state index is 11.8. The van der Waals surface area contributed by atoms with Gasteiger partial charge in [0.15, 0.2) is 0 Å². The fraction of sp³-hybridized carbons (Fsp3) is 0.0769. The number of aryl methyl sites for hydroxylation is 1. The largest absolute Gasteiger partial charge is 0.506 e. The number of benzene rings is 1. The van der Waals surface area contributed by atoms with Crippen LogP contribution in [0.15, 0.2) is 36.7 Å². The number of nitrogens with zero attached hydrogens (tertiary/aromatic N) is 1. The highest BCUT2D eigenvalue weighted by Crippen LogP contribution is 2.24. The Kier molecular flexibility index (Phi) is 3.14. The molecule has 3 N–H and O–H groups in total. The van der Waals surface area contributed by atoms with Gasteiger partial charge in [-0.25, -0.2) is 0 Å². The molecule has 2 rings (SSSR count). The number of carbonyl (C=O) groups is 1. The van der Waals surface area contributed by atoms with Gasteiger partial charge in [0.2, 0.25) is 0 Å². The lowest BCUT2D eigenvalue weighted by Gasteiger charge is -2.07. The Balaban J connectivity index is 2.21. The summed E-state index contributed by atoms with van der Waals surface area (Å²) in [5, 5.41) is 21.4. The molecule has 0 radical (unpaired) electrons. The predicted molar refractivity (Wildman–Crippen MR) is 66.7 cm³/mol. The van der Waals surface area contributed by atoms with Crippen LogP contribution in [-0.4, -0.2) is 21.1 Å². The third kappa shape index (κ3) is 2.57. The average molecular weight is 244 g/mol. The van der Waals surface area contributed by atoms with Gasteiger partial charge in [0.05, 0.1) is 17.4 Å². The number of nitrogens with one attached hydrogen (secondary N) is 1. The van der Waals surface area contributed by atoms with E-state index in [2.05, 4.69) is 10.3 Å². The standard InChI is InChI=1S/C13H12N2O3/c1-8-2-3-11(12(17)4-8)15-13(18)9-5-10(16)7-14-6-9/h2-7,16-17H,1H3,(H,15,18). The topological polar surface area (TPSA) is 82.5 Å². The quantitative estimate of drug-likeness (QED) is 0.706. The van der Waals surface area contributed by atoms with Crippen LogP contribution in [0.1, 0.15) is 15.9 Å². The lowest BCUT2D eigenvalue weighted by molar-refractivity contribution is 0.102. The maximum atomic E-state index is 11.8. The van der Waals surface area contributed by atoms with E-state index < -0.39 is 5.91 Å². The number of aromatic nitrogens is 1. The van der Waals surface area contributed by atoms with Crippen LogP contribution in [0.2, 0.25) is 0 Å². The maximum Gasteiger partial charge on any atom is 0.257 e. The molecule has 0 fully saturated rings. The molecule has 18 heavy (non-hydrogen) atoms. The van der Waals surface area contributed by atoms with Crippen molar-refractivity contribution in [2.45, 2.75) is 6.92 Å². The lowest BCUT2D eigenvalue weighted by atomic mass is 10.2. The summed E-state index contributed by atoms with van der Waals surface area (Å²) in [7, 11) is 0. The molecule has 0 saturated heterocycles. The number of pyridine rings is 1. The van der Waals surface area contributed by atoms with Crippen LogP contribution in [0.4, 0.5) is 5.69 Å².